The molecule has 3 atom stereocenters. The number of hydrogen-bond acceptors (Lipinski definition) is 5. The highest BCUT2D eigenvalue weighted by molar-refractivity contribution is 6.33. The van der Waals surface area contributed by atoms with Crippen LogP contribution in [-0.4, -0.2) is 35.4 Å². The lowest BCUT2D eigenvalue weighted by Gasteiger charge is -2.41. The van der Waals surface area contributed by atoms with Gasteiger partial charge in [0.1, 0.15) is 0 Å². The van der Waals surface area contributed by atoms with E-state index < -0.39 is 6.10 Å². The molecule has 2 aliphatic heterocycles. The number of rotatable bonds is 0. The molecule has 3 aromatic rings. The van der Waals surface area contributed by atoms with Crippen LogP contribution in [0.25, 0.3) is 10.8 Å². The smallest absolute Gasteiger partial charge is 0.196 e. The van der Waals surface area contributed by atoms with Gasteiger partial charge < -0.3 is 15.2 Å². The van der Waals surface area contributed by atoms with E-state index >= 15 is 0 Å². The van der Waals surface area contributed by atoms with Crippen LogP contribution in [0, 0.1) is 6.92 Å². The molecule has 1 fully saturated rings. The zero-order chi connectivity index (χ0) is 19.9. The van der Waals surface area contributed by atoms with Crippen molar-refractivity contribution in [2.45, 2.75) is 31.6 Å². The third-order valence-electron chi connectivity index (χ3n) is 6.43. The number of carbonyl (C=O) groups excluding carboxylic acids is 2. The molecule has 29 heavy (non-hydrogen) atoms. The Bertz CT molecular complexity index is 1250. The van der Waals surface area contributed by atoms with Gasteiger partial charge in [-0.05, 0) is 29.8 Å². The summed E-state index contributed by atoms with van der Waals surface area (Å²) in [6.07, 6.45) is -0.159. The summed E-state index contributed by atoms with van der Waals surface area (Å²) >= 11 is 0. The number of aliphatic hydroxyl groups is 1. The van der Waals surface area contributed by atoms with Gasteiger partial charge in [-0.2, -0.15) is 0 Å². The van der Waals surface area contributed by atoms with Crippen LogP contribution in [-0.2, 0) is 4.74 Å². The van der Waals surface area contributed by atoms with Crippen LogP contribution in [0.1, 0.15) is 55.5 Å². The van der Waals surface area contributed by atoms with Crippen molar-refractivity contribution in [2.24, 2.45) is 0 Å². The second-order valence-electron chi connectivity index (χ2n) is 8.20. The average Bonchev–Trinajstić information content (AvgIpc) is 2.73. The van der Waals surface area contributed by atoms with Crippen LogP contribution in [0.15, 0.2) is 42.5 Å². The Morgan fingerprint density at radius 3 is 2.62 bits per heavy atom. The Hall–Kier alpha value is -3.02. The zero-order valence-corrected chi connectivity index (χ0v) is 15.9. The van der Waals surface area contributed by atoms with Crippen molar-refractivity contribution >= 4 is 28.0 Å². The fourth-order valence-corrected chi connectivity index (χ4v) is 4.96. The monoisotopic (exact) mass is 385 g/mol. The van der Waals surface area contributed by atoms with Gasteiger partial charge in [0.2, 0.25) is 0 Å². The van der Waals surface area contributed by atoms with Gasteiger partial charge in [-0.25, -0.2) is 0 Å². The molecule has 6 rings (SSSR count). The third-order valence-corrected chi connectivity index (χ3v) is 6.43. The number of ether oxygens (including phenoxy) is 1. The van der Waals surface area contributed by atoms with E-state index in [4.69, 9.17) is 4.74 Å². The van der Waals surface area contributed by atoms with Crippen molar-refractivity contribution in [1.82, 2.24) is 0 Å². The number of hydrogen-bond donors (Lipinski definition) is 2. The molecule has 3 aromatic carbocycles. The summed E-state index contributed by atoms with van der Waals surface area (Å²) in [7, 11) is 0. The van der Waals surface area contributed by atoms with Crippen molar-refractivity contribution in [3.05, 3.63) is 75.8 Å². The lowest BCUT2D eigenvalue weighted by atomic mass is 9.77. The molecule has 2 N–H and O–H groups in total. The molecule has 5 heteroatoms. The van der Waals surface area contributed by atoms with Crippen molar-refractivity contribution < 1.29 is 19.4 Å². The van der Waals surface area contributed by atoms with Crippen LogP contribution < -0.4 is 5.32 Å². The summed E-state index contributed by atoms with van der Waals surface area (Å²) in [5.74, 6) is -0.290. The molecule has 5 nitrogen and oxygen atoms in total. The Labute approximate surface area is 167 Å². The number of aryl methyl sites for hydroxylation is 1. The molecule has 1 aliphatic carbocycles. The fourth-order valence-electron chi connectivity index (χ4n) is 4.96. The van der Waals surface area contributed by atoms with Gasteiger partial charge in [0.15, 0.2) is 11.6 Å². The van der Waals surface area contributed by atoms with Crippen molar-refractivity contribution in [2.75, 3.05) is 11.9 Å². The number of carbonyl (C=O) groups is 2. The van der Waals surface area contributed by atoms with Gasteiger partial charge in [-0.1, -0.05) is 35.9 Å². The Kier molecular flexibility index (Phi) is 3.35. The number of nitrogens with one attached hydrogen (secondary N) is 1. The van der Waals surface area contributed by atoms with E-state index in [0.29, 0.717) is 34.4 Å². The normalized spacial score (nSPS) is 24.6. The number of anilines is 1. The SMILES string of the molecule is Cc1ccc2c3c(ccc2c1)C(=O)c1c(ccc2c1N[C@H]1C[C@@H]2OC[C@H]1O)C3=O. The predicted molar refractivity (Wildman–Crippen MR) is 109 cm³/mol. The summed E-state index contributed by atoms with van der Waals surface area (Å²) in [6, 6.07) is 13.0. The molecule has 0 saturated carbocycles. The van der Waals surface area contributed by atoms with Gasteiger partial charge >= 0.3 is 0 Å². The summed E-state index contributed by atoms with van der Waals surface area (Å²) < 4.78 is 5.79. The minimum absolute atomic E-state index is 0.133. The minimum Gasteiger partial charge on any atom is -0.389 e. The molecule has 3 aliphatic rings. The summed E-state index contributed by atoms with van der Waals surface area (Å²) in [5.41, 5.74) is 4.35. The van der Waals surface area contributed by atoms with Crippen LogP contribution in [0.4, 0.5) is 5.69 Å². The highest BCUT2D eigenvalue weighted by atomic mass is 16.5. The quantitative estimate of drug-likeness (QED) is 0.484. The van der Waals surface area contributed by atoms with Gasteiger partial charge in [-0.3, -0.25) is 9.59 Å². The molecular weight excluding hydrogens is 366 g/mol. The van der Waals surface area contributed by atoms with Gasteiger partial charge in [-0.15, -0.1) is 0 Å². The van der Waals surface area contributed by atoms with Crippen molar-refractivity contribution in [1.29, 1.82) is 0 Å². The van der Waals surface area contributed by atoms with E-state index in [1.165, 1.54) is 0 Å². The predicted octanol–water partition coefficient (Wildman–Crippen LogP) is 3.54. The minimum atomic E-state index is -0.635. The highest BCUT2D eigenvalue weighted by Gasteiger charge is 2.41. The molecule has 1 saturated heterocycles. The van der Waals surface area contributed by atoms with Crippen LogP contribution in [0.5, 0.6) is 0 Å². The maximum Gasteiger partial charge on any atom is 0.196 e. The summed E-state index contributed by atoms with van der Waals surface area (Å²) in [4.78, 5) is 27.0. The van der Waals surface area contributed by atoms with E-state index in [1.54, 1.807) is 12.1 Å². The Balaban J connectivity index is 1.59. The number of fused-ring (bicyclic) bond motifs is 9. The lowest BCUT2D eigenvalue weighted by Crippen LogP contribution is -2.46. The first-order valence-electron chi connectivity index (χ1n) is 9.89. The van der Waals surface area contributed by atoms with Gasteiger partial charge in [0, 0.05) is 28.7 Å². The van der Waals surface area contributed by atoms with Gasteiger partial charge in [0.05, 0.1) is 36.1 Å². The largest absolute Gasteiger partial charge is 0.389 e. The molecule has 144 valence electrons. The topological polar surface area (TPSA) is 75.6 Å². The van der Waals surface area contributed by atoms with Crippen LogP contribution in [0.2, 0.25) is 0 Å². The third kappa shape index (κ3) is 2.23. The summed E-state index contributed by atoms with van der Waals surface area (Å²) in [6.45, 7) is 2.27. The van der Waals surface area contributed by atoms with Crippen molar-refractivity contribution in [3.63, 3.8) is 0 Å². The van der Waals surface area contributed by atoms with E-state index in [-0.39, 0.29) is 30.3 Å². The summed E-state index contributed by atoms with van der Waals surface area (Å²) in [5, 5.41) is 15.3. The van der Waals surface area contributed by atoms with Crippen LogP contribution >= 0.6 is 0 Å². The number of ketones is 2. The molecule has 0 radical (unpaired) electrons. The molecule has 0 amide bonds. The molecule has 0 spiro atoms. The molecular formula is C24H19NO4. The fraction of sp³-hybridized carbons (Fsp3) is 0.250. The van der Waals surface area contributed by atoms with Gasteiger partial charge in [0.25, 0.3) is 0 Å². The molecule has 2 bridgehead atoms. The van der Waals surface area contributed by atoms with Crippen LogP contribution in [0.3, 0.4) is 0 Å². The molecule has 2 heterocycles. The molecule has 0 unspecified atom stereocenters. The second kappa shape index (κ2) is 5.75. The van der Waals surface area contributed by atoms with E-state index in [2.05, 4.69) is 5.32 Å². The average molecular weight is 385 g/mol. The first kappa shape index (κ1) is 16.9. The van der Waals surface area contributed by atoms with Crippen molar-refractivity contribution in [3.8, 4) is 0 Å². The first-order valence-corrected chi connectivity index (χ1v) is 9.89. The first-order chi connectivity index (χ1) is 14.0. The number of aliphatic hydroxyl groups excluding tert-OH is 1. The van der Waals surface area contributed by atoms with E-state index in [0.717, 1.165) is 21.9 Å². The lowest BCUT2D eigenvalue weighted by molar-refractivity contribution is -0.0672. The molecule has 0 aromatic heterocycles. The maximum atomic E-state index is 13.5. The standard InChI is InChI=1S/C24H19NO4/c1-11-2-4-13-12(8-11)3-5-15-20(13)23(27)16-7-6-14-19-9-17(18(26)10-29-19)25-22(14)21(16)24(15)28/h2-8,17-19,25-26H,9-10H2,1H3/t17-,18+,19-/m0/s1. The van der Waals surface area contributed by atoms with E-state index in [1.807, 2.05) is 37.3 Å². The Morgan fingerprint density at radius 2 is 1.76 bits per heavy atom. The Morgan fingerprint density at radius 1 is 1.00 bits per heavy atom. The zero-order valence-electron chi connectivity index (χ0n) is 15.9. The number of benzene rings is 3. The highest BCUT2D eigenvalue weighted by Crippen LogP contribution is 2.45. The second-order valence-corrected chi connectivity index (χ2v) is 8.20. The maximum absolute atomic E-state index is 13.5. The van der Waals surface area contributed by atoms with E-state index in [9.17, 15) is 14.7 Å².